The smallest absolute Gasteiger partial charge is 0.295 e. The molecule has 8 heteroatoms. The normalized spacial score (nSPS) is 17.5. The van der Waals surface area contributed by atoms with E-state index >= 15 is 0 Å². The minimum absolute atomic E-state index is 0.0251. The van der Waals surface area contributed by atoms with E-state index in [1.165, 1.54) is 0 Å². The van der Waals surface area contributed by atoms with Gasteiger partial charge in [0.1, 0.15) is 11.5 Å². The number of halogens is 1. The lowest BCUT2D eigenvalue weighted by molar-refractivity contribution is -0.139. The first kappa shape index (κ1) is 23.8. The highest BCUT2D eigenvalue weighted by Gasteiger charge is 2.45. The third kappa shape index (κ3) is 5.07. The van der Waals surface area contributed by atoms with Crippen molar-refractivity contribution in [2.45, 2.75) is 39.0 Å². The predicted molar refractivity (Wildman–Crippen MR) is 132 cm³/mol. The number of Topliss-reactive ketones (excluding diaryl/α,β-unsaturated/α-hetero) is 1. The SMILES string of the molecule is CC(C)Oc1ccc([C@H]2/C(=C(\O)c3ccc(Br)cc3)C(=O)C(=O)N2CCCn2ccnc2)cc1. The van der Waals surface area contributed by atoms with Crippen molar-refractivity contribution in [1.29, 1.82) is 0 Å². The van der Waals surface area contributed by atoms with Gasteiger partial charge in [0, 0.05) is 35.5 Å². The van der Waals surface area contributed by atoms with Crippen LogP contribution >= 0.6 is 15.9 Å². The minimum Gasteiger partial charge on any atom is -0.507 e. The molecular weight excluding hydrogens is 498 g/mol. The molecular formula is C26H26BrN3O4. The molecule has 1 N–H and O–H groups in total. The van der Waals surface area contributed by atoms with Gasteiger partial charge in [0.15, 0.2) is 0 Å². The zero-order valence-corrected chi connectivity index (χ0v) is 20.6. The van der Waals surface area contributed by atoms with Gasteiger partial charge in [0.05, 0.1) is 24.0 Å². The number of aliphatic hydroxyl groups is 1. The number of nitrogens with zero attached hydrogens (tertiary/aromatic N) is 3. The summed E-state index contributed by atoms with van der Waals surface area (Å²) < 4.78 is 8.51. The molecule has 0 bridgehead atoms. The second-order valence-electron chi connectivity index (χ2n) is 8.39. The number of ketones is 1. The number of amides is 1. The number of aryl methyl sites for hydroxylation is 1. The Balaban J connectivity index is 1.71. The number of ether oxygens (including phenoxy) is 1. The topological polar surface area (TPSA) is 84.7 Å². The van der Waals surface area contributed by atoms with Gasteiger partial charge in [-0.05, 0) is 50.1 Å². The number of carbonyl (C=O) groups is 2. The fraction of sp³-hybridized carbons (Fsp3) is 0.269. The van der Waals surface area contributed by atoms with Gasteiger partial charge in [-0.15, -0.1) is 0 Å². The first-order chi connectivity index (χ1) is 16.3. The summed E-state index contributed by atoms with van der Waals surface area (Å²) in [6.45, 7) is 4.90. The standard InChI is InChI=1S/C26H26BrN3O4/c1-17(2)34-21-10-6-18(7-11-21)23-22(24(31)19-4-8-20(27)9-5-19)25(32)26(33)30(23)14-3-13-29-15-12-28-16-29/h4-12,15-17,23,31H,3,13-14H2,1-2H3/b24-22+/t23-/m0/s1. The fourth-order valence-corrected chi connectivity index (χ4v) is 4.33. The molecule has 176 valence electrons. The summed E-state index contributed by atoms with van der Waals surface area (Å²) in [5, 5.41) is 11.1. The minimum atomic E-state index is -0.695. The number of hydrogen-bond acceptors (Lipinski definition) is 5. The van der Waals surface area contributed by atoms with Crippen LogP contribution in [0.4, 0.5) is 0 Å². The van der Waals surface area contributed by atoms with Crippen LogP contribution in [0.3, 0.4) is 0 Å². The Morgan fingerprint density at radius 2 is 1.79 bits per heavy atom. The average Bonchev–Trinajstić information content (AvgIpc) is 3.42. The Bertz CT molecular complexity index is 1190. The van der Waals surface area contributed by atoms with Gasteiger partial charge in [-0.2, -0.15) is 0 Å². The Hall–Kier alpha value is -3.39. The molecule has 1 atom stereocenters. The lowest BCUT2D eigenvalue weighted by Crippen LogP contribution is -2.31. The molecule has 34 heavy (non-hydrogen) atoms. The number of likely N-dealkylation sites (tertiary alicyclic amines) is 1. The van der Waals surface area contributed by atoms with Crippen molar-refractivity contribution in [3.8, 4) is 5.75 Å². The number of aromatic nitrogens is 2. The summed E-state index contributed by atoms with van der Waals surface area (Å²) in [5.74, 6) is -0.786. The number of benzene rings is 2. The van der Waals surface area contributed by atoms with Gasteiger partial charge in [-0.25, -0.2) is 4.98 Å². The highest BCUT2D eigenvalue weighted by atomic mass is 79.9. The number of aliphatic hydroxyl groups excluding tert-OH is 1. The maximum Gasteiger partial charge on any atom is 0.295 e. The number of hydrogen-bond donors (Lipinski definition) is 1. The van der Waals surface area contributed by atoms with E-state index in [1.54, 1.807) is 41.7 Å². The van der Waals surface area contributed by atoms with E-state index in [9.17, 15) is 14.7 Å². The lowest BCUT2D eigenvalue weighted by Gasteiger charge is -2.25. The molecule has 3 aromatic rings. The van der Waals surface area contributed by atoms with E-state index in [0.717, 1.165) is 10.0 Å². The van der Waals surface area contributed by atoms with Gasteiger partial charge in [0.25, 0.3) is 11.7 Å². The van der Waals surface area contributed by atoms with Gasteiger partial charge in [-0.1, -0.05) is 40.2 Å². The Kier molecular flexibility index (Phi) is 7.17. The molecule has 1 amide bonds. The van der Waals surface area contributed by atoms with Crippen LogP contribution in [0.15, 0.2) is 77.3 Å². The monoisotopic (exact) mass is 523 g/mol. The first-order valence-corrected chi connectivity index (χ1v) is 11.9. The van der Waals surface area contributed by atoms with Crippen molar-refractivity contribution >= 4 is 33.4 Å². The summed E-state index contributed by atoms with van der Waals surface area (Å²) in [6, 6.07) is 13.6. The van der Waals surface area contributed by atoms with E-state index in [1.807, 2.05) is 48.9 Å². The van der Waals surface area contributed by atoms with Gasteiger partial charge in [0.2, 0.25) is 0 Å². The highest BCUT2D eigenvalue weighted by molar-refractivity contribution is 9.10. The van der Waals surface area contributed by atoms with Crippen LogP contribution in [0.1, 0.15) is 37.4 Å². The maximum atomic E-state index is 13.1. The maximum absolute atomic E-state index is 13.1. The molecule has 4 rings (SSSR count). The van der Waals surface area contributed by atoms with Crippen molar-refractivity contribution in [2.24, 2.45) is 0 Å². The molecule has 7 nitrogen and oxygen atoms in total. The molecule has 0 saturated carbocycles. The van der Waals surface area contributed by atoms with Crippen LogP contribution in [0.25, 0.3) is 5.76 Å². The van der Waals surface area contributed by atoms with Crippen molar-refractivity contribution < 1.29 is 19.4 Å². The van der Waals surface area contributed by atoms with Crippen molar-refractivity contribution in [3.63, 3.8) is 0 Å². The molecule has 0 unspecified atom stereocenters. The Morgan fingerprint density at radius 1 is 1.09 bits per heavy atom. The van der Waals surface area contributed by atoms with Crippen molar-refractivity contribution in [2.75, 3.05) is 6.54 Å². The van der Waals surface area contributed by atoms with Gasteiger partial charge in [-0.3, -0.25) is 9.59 Å². The van der Waals surface area contributed by atoms with Crippen molar-refractivity contribution in [3.05, 3.63) is 88.4 Å². The summed E-state index contributed by atoms with van der Waals surface area (Å²) in [6.07, 6.45) is 5.92. The molecule has 0 radical (unpaired) electrons. The van der Waals surface area contributed by atoms with Crippen molar-refractivity contribution in [1.82, 2.24) is 14.5 Å². The number of carbonyl (C=O) groups excluding carboxylic acids is 2. The van der Waals surface area contributed by atoms with Gasteiger partial charge >= 0.3 is 0 Å². The third-order valence-electron chi connectivity index (χ3n) is 5.60. The second kappa shape index (κ2) is 10.3. The van der Waals surface area contributed by atoms with E-state index in [0.29, 0.717) is 30.8 Å². The molecule has 0 aliphatic carbocycles. The van der Waals surface area contributed by atoms with E-state index in [2.05, 4.69) is 20.9 Å². The number of imidazole rings is 1. The van der Waals surface area contributed by atoms with Crippen LogP contribution in [-0.2, 0) is 16.1 Å². The van der Waals surface area contributed by atoms with Crippen LogP contribution in [0, 0.1) is 0 Å². The van der Waals surface area contributed by atoms with Crippen LogP contribution < -0.4 is 4.74 Å². The molecule has 1 saturated heterocycles. The first-order valence-electron chi connectivity index (χ1n) is 11.1. The average molecular weight is 524 g/mol. The summed E-state index contributed by atoms with van der Waals surface area (Å²) >= 11 is 3.38. The zero-order chi connectivity index (χ0) is 24.2. The molecule has 0 spiro atoms. The largest absolute Gasteiger partial charge is 0.507 e. The number of rotatable bonds is 8. The lowest BCUT2D eigenvalue weighted by atomic mass is 9.95. The molecule has 1 aliphatic rings. The molecule has 1 aromatic heterocycles. The van der Waals surface area contributed by atoms with Crippen LogP contribution in [-0.4, -0.2) is 43.9 Å². The van der Waals surface area contributed by atoms with E-state index in [-0.39, 0.29) is 17.4 Å². The molecule has 2 heterocycles. The molecule has 1 fully saturated rings. The van der Waals surface area contributed by atoms with E-state index < -0.39 is 17.7 Å². The second-order valence-corrected chi connectivity index (χ2v) is 9.30. The summed E-state index contributed by atoms with van der Waals surface area (Å²) in [4.78, 5) is 31.8. The Morgan fingerprint density at radius 3 is 2.41 bits per heavy atom. The third-order valence-corrected chi connectivity index (χ3v) is 6.13. The zero-order valence-electron chi connectivity index (χ0n) is 19.0. The van der Waals surface area contributed by atoms with Crippen LogP contribution in [0.2, 0.25) is 0 Å². The summed E-state index contributed by atoms with van der Waals surface area (Å²) in [5.41, 5.74) is 1.30. The highest BCUT2D eigenvalue weighted by Crippen LogP contribution is 2.40. The van der Waals surface area contributed by atoms with Crippen LogP contribution in [0.5, 0.6) is 5.75 Å². The predicted octanol–water partition coefficient (Wildman–Crippen LogP) is 4.94. The quantitative estimate of drug-likeness (QED) is 0.256. The Labute approximate surface area is 206 Å². The fourth-order valence-electron chi connectivity index (χ4n) is 4.06. The summed E-state index contributed by atoms with van der Waals surface area (Å²) in [7, 11) is 0. The molecule has 2 aromatic carbocycles. The van der Waals surface area contributed by atoms with Gasteiger partial charge < -0.3 is 19.3 Å². The van der Waals surface area contributed by atoms with E-state index in [4.69, 9.17) is 4.74 Å². The molecule has 1 aliphatic heterocycles.